The third-order valence-corrected chi connectivity index (χ3v) is 2.35. The van der Waals surface area contributed by atoms with Crippen molar-refractivity contribution < 1.29 is 24.6 Å². The Hall–Kier alpha value is -2.16. The molecule has 0 fully saturated rings. The van der Waals surface area contributed by atoms with Crippen molar-refractivity contribution in [3.63, 3.8) is 0 Å². The van der Waals surface area contributed by atoms with Crippen LogP contribution in [-0.4, -0.2) is 46.5 Å². The number of aliphatic imine (C=N–C) groups is 1. The Morgan fingerprint density at radius 1 is 1.16 bits per heavy atom. The Morgan fingerprint density at radius 2 is 1.74 bits per heavy atom. The summed E-state index contributed by atoms with van der Waals surface area (Å²) in [5.74, 6) is -5.38. The monoisotopic (exact) mass is 274 g/mol. The second-order valence-electron chi connectivity index (χ2n) is 3.95. The maximum atomic E-state index is 11.7. The van der Waals surface area contributed by atoms with Gasteiger partial charge in [0.1, 0.15) is 5.92 Å². The van der Waals surface area contributed by atoms with E-state index in [1.807, 2.05) is 0 Å². The summed E-state index contributed by atoms with van der Waals surface area (Å²) in [5, 5.41) is 17.3. The fourth-order valence-electron chi connectivity index (χ4n) is 1.40. The summed E-state index contributed by atoms with van der Waals surface area (Å²) in [6.07, 6.45) is -0.209. The van der Waals surface area contributed by atoms with E-state index in [1.54, 1.807) is 0 Å². The lowest BCUT2D eigenvalue weighted by Crippen LogP contribution is -2.40. The van der Waals surface area contributed by atoms with E-state index in [4.69, 9.17) is 27.4 Å². The van der Waals surface area contributed by atoms with E-state index in [-0.39, 0.29) is 18.9 Å². The molecule has 0 aromatic rings. The molecule has 2 atom stereocenters. The molecule has 2 unspecified atom stereocenters. The van der Waals surface area contributed by atoms with Crippen molar-refractivity contribution in [3.8, 4) is 0 Å². The van der Waals surface area contributed by atoms with Crippen molar-refractivity contribution in [2.24, 2.45) is 28.1 Å². The summed E-state index contributed by atoms with van der Waals surface area (Å²) < 4.78 is 0. The van der Waals surface area contributed by atoms with Gasteiger partial charge in [-0.2, -0.15) is 0 Å². The molecule has 0 aromatic heterocycles. The lowest BCUT2D eigenvalue weighted by Gasteiger charge is -2.14. The number of hydrogen-bond donors (Lipinski definition) is 5. The molecule has 0 spiro atoms. The molecule has 0 rings (SSSR count). The average molecular weight is 274 g/mol. The SMILES string of the molecule is NC(N)=NCCCC(N)C(=O)C(CC(=O)O)C(=O)O. The van der Waals surface area contributed by atoms with Crippen molar-refractivity contribution >= 4 is 23.7 Å². The molecule has 0 amide bonds. The third-order valence-electron chi connectivity index (χ3n) is 2.35. The average Bonchev–Trinajstić information content (AvgIpc) is 2.29. The van der Waals surface area contributed by atoms with Crippen molar-refractivity contribution in [2.75, 3.05) is 6.54 Å². The number of carbonyl (C=O) groups is 3. The fraction of sp³-hybridized carbons (Fsp3) is 0.600. The first-order valence-electron chi connectivity index (χ1n) is 5.55. The van der Waals surface area contributed by atoms with E-state index in [9.17, 15) is 14.4 Å². The molecule has 9 heteroatoms. The summed E-state index contributed by atoms with van der Waals surface area (Å²) in [4.78, 5) is 36.7. The van der Waals surface area contributed by atoms with Gasteiger partial charge in [0.25, 0.3) is 0 Å². The van der Waals surface area contributed by atoms with Crippen LogP contribution in [-0.2, 0) is 14.4 Å². The van der Waals surface area contributed by atoms with Crippen molar-refractivity contribution in [1.82, 2.24) is 0 Å². The Morgan fingerprint density at radius 3 is 2.16 bits per heavy atom. The van der Waals surface area contributed by atoms with Gasteiger partial charge in [-0.15, -0.1) is 0 Å². The van der Waals surface area contributed by atoms with Gasteiger partial charge in [-0.3, -0.25) is 19.4 Å². The highest BCUT2D eigenvalue weighted by Gasteiger charge is 2.32. The zero-order valence-electron chi connectivity index (χ0n) is 10.3. The van der Waals surface area contributed by atoms with E-state index in [0.29, 0.717) is 6.42 Å². The number of nitrogens with zero attached hydrogens (tertiary/aromatic N) is 1. The van der Waals surface area contributed by atoms with Gasteiger partial charge in [0.2, 0.25) is 0 Å². The van der Waals surface area contributed by atoms with Gasteiger partial charge in [0, 0.05) is 6.54 Å². The van der Waals surface area contributed by atoms with Crippen LogP contribution in [0.4, 0.5) is 0 Å². The number of carboxylic acid groups (broad SMARTS) is 2. The topological polar surface area (TPSA) is 182 Å². The number of Topliss-reactive ketones (excluding diaryl/α,β-unsaturated/α-hetero) is 1. The molecule has 0 aliphatic rings. The number of hydrogen-bond acceptors (Lipinski definition) is 5. The van der Waals surface area contributed by atoms with Crippen molar-refractivity contribution in [1.29, 1.82) is 0 Å². The van der Waals surface area contributed by atoms with Crippen LogP contribution >= 0.6 is 0 Å². The van der Waals surface area contributed by atoms with E-state index in [2.05, 4.69) is 4.99 Å². The summed E-state index contributed by atoms with van der Waals surface area (Å²) in [6, 6.07) is -1.05. The molecule has 9 nitrogen and oxygen atoms in total. The number of aliphatic carboxylic acids is 2. The number of guanidine groups is 1. The summed E-state index contributed by atoms with van der Waals surface area (Å²) in [6.45, 7) is 0.264. The standard InChI is InChI=1S/C10H18N4O5/c11-6(2-1-3-14-10(12)13)8(17)5(9(18)19)4-7(15)16/h5-6H,1-4,11H2,(H,15,16)(H,18,19)(H4,12,13,14). The Kier molecular flexibility index (Phi) is 7.12. The number of ketones is 1. The van der Waals surface area contributed by atoms with Crippen LogP contribution in [0, 0.1) is 5.92 Å². The van der Waals surface area contributed by atoms with Crippen LogP contribution in [0.1, 0.15) is 19.3 Å². The summed E-state index contributed by atoms with van der Waals surface area (Å²) >= 11 is 0. The maximum absolute atomic E-state index is 11.7. The molecule has 0 saturated heterocycles. The van der Waals surface area contributed by atoms with Gasteiger partial charge >= 0.3 is 11.9 Å². The fourth-order valence-corrected chi connectivity index (χ4v) is 1.40. The number of rotatable bonds is 9. The molecule has 0 heterocycles. The first kappa shape index (κ1) is 16.8. The third kappa shape index (κ3) is 6.99. The smallest absolute Gasteiger partial charge is 0.314 e. The molecule has 0 aliphatic carbocycles. The van der Waals surface area contributed by atoms with Gasteiger partial charge in [-0.05, 0) is 12.8 Å². The highest BCUT2D eigenvalue weighted by Crippen LogP contribution is 2.10. The van der Waals surface area contributed by atoms with Gasteiger partial charge in [0.15, 0.2) is 11.7 Å². The minimum Gasteiger partial charge on any atom is -0.481 e. The van der Waals surface area contributed by atoms with E-state index < -0.39 is 36.1 Å². The zero-order valence-corrected chi connectivity index (χ0v) is 10.3. The predicted octanol–water partition coefficient (Wildman–Crippen LogP) is -1.89. The molecule has 0 aliphatic heterocycles. The molecule has 19 heavy (non-hydrogen) atoms. The van der Waals surface area contributed by atoms with Crippen LogP contribution in [0.25, 0.3) is 0 Å². The van der Waals surface area contributed by atoms with E-state index in [1.165, 1.54) is 0 Å². The number of carbonyl (C=O) groups excluding carboxylic acids is 1. The molecule has 0 saturated carbocycles. The molecule has 0 radical (unpaired) electrons. The lowest BCUT2D eigenvalue weighted by atomic mass is 9.93. The second kappa shape index (κ2) is 8.03. The van der Waals surface area contributed by atoms with E-state index >= 15 is 0 Å². The quantitative estimate of drug-likeness (QED) is 0.140. The van der Waals surface area contributed by atoms with Crippen LogP contribution in [0.3, 0.4) is 0 Å². The van der Waals surface area contributed by atoms with Crippen LogP contribution in [0.2, 0.25) is 0 Å². The normalized spacial score (nSPS) is 13.3. The van der Waals surface area contributed by atoms with Crippen LogP contribution in [0.5, 0.6) is 0 Å². The number of nitrogens with two attached hydrogens (primary N) is 3. The minimum absolute atomic E-state index is 0.0887. The van der Waals surface area contributed by atoms with Crippen LogP contribution in [0.15, 0.2) is 4.99 Å². The van der Waals surface area contributed by atoms with E-state index in [0.717, 1.165) is 0 Å². The van der Waals surface area contributed by atoms with Gasteiger partial charge in [0.05, 0.1) is 12.5 Å². The van der Waals surface area contributed by atoms with Gasteiger partial charge in [-0.25, -0.2) is 0 Å². The number of carboxylic acids is 2. The molecule has 0 bridgehead atoms. The predicted molar refractivity (Wildman–Crippen MR) is 66.3 cm³/mol. The first-order valence-corrected chi connectivity index (χ1v) is 5.55. The van der Waals surface area contributed by atoms with Crippen molar-refractivity contribution in [2.45, 2.75) is 25.3 Å². The zero-order chi connectivity index (χ0) is 15.0. The summed E-state index contributed by atoms with van der Waals surface area (Å²) in [7, 11) is 0. The molecular weight excluding hydrogens is 256 g/mol. The van der Waals surface area contributed by atoms with Gasteiger partial charge in [-0.1, -0.05) is 0 Å². The van der Waals surface area contributed by atoms with Crippen LogP contribution < -0.4 is 17.2 Å². The highest BCUT2D eigenvalue weighted by atomic mass is 16.4. The van der Waals surface area contributed by atoms with Gasteiger partial charge < -0.3 is 27.4 Å². The minimum atomic E-state index is -1.63. The largest absolute Gasteiger partial charge is 0.481 e. The maximum Gasteiger partial charge on any atom is 0.314 e. The summed E-state index contributed by atoms with van der Waals surface area (Å²) in [5.41, 5.74) is 15.7. The Bertz CT molecular complexity index is 378. The first-order chi connectivity index (χ1) is 8.75. The Balaban J connectivity index is 4.39. The highest BCUT2D eigenvalue weighted by molar-refractivity contribution is 6.03. The van der Waals surface area contributed by atoms with Crippen molar-refractivity contribution in [3.05, 3.63) is 0 Å². The lowest BCUT2D eigenvalue weighted by molar-refractivity contribution is -0.152. The molecule has 108 valence electrons. The molecule has 8 N–H and O–H groups in total. The second-order valence-corrected chi connectivity index (χ2v) is 3.95. The Labute approximate surface area is 109 Å². The molecular formula is C10H18N4O5. The molecule has 0 aromatic carbocycles.